The Morgan fingerprint density at radius 2 is 2.18 bits per heavy atom. The van der Waals surface area contributed by atoms with Gasteiger partial charge in [-0.2, -0.15) is 0 Å². The van der Waals surface area contributed by atoms with Gasteiger partial charge in [-0.25, -0.2) is 0 Å². The van der Waals surface area contributed by atoms with E-state index in [0.717, 1.165) is 43.5 Å². The van der Waals surface area contributed by atoms with Gasteiger partial charge in [-0.1, -0.05) is 22.0 Å². The van der Waals surface area contributed by atoms with E-state index in [1.165, 1.54) is 0 Å². The van der Waals surface area contributed by atoms with Crippen molar-refractivity contribution in [1.29, 1.82) is 0 Å². The second-order valence-corrected chi connectivity index (χ2v) is 5.43. The van der Waals surface area contributed by atoms with Gasteiger partial charge in [-0.05, 0) is 25.8 Å². The quantitative estimate of drug-likeness (QED) is 0.802. The van der Waals surface area contributed by atoms with Crippen molar-refractivity contribution in [1.82, 2.24) is 4.57 Å². The Morgan fingerprint density at radius 1 is 1.47 bits per heavy atom. The number of halogens is 1. The summed E-state index contributed by atoms with van der Waals surface area (Å²) in [5, 5.41) is 0.920. The van der Waals surface area contributed by atoms with Crippen LogP contribution in [0.4, 0.5) is 0 Å². The molecule has 17 heavy (non-hydrogen) atoms. The van der Waals surface area contributed by atoms with Gasteiger partial charge in [0, 0.05) is 42.3 Å². The molecule has 0 aliphatic carbocycles. The Kier molecular flexibility index (Phi) is 4.05. The number of hydrogen-bond acceptors (Lipinski definition) is 2. The molecule has 0 amide bonds. The first-order valence-corrected chi connectivity index (χ1v) is 7.09. The third kappa shape index (κ3) is 2.80. The fourth-order valence-corrected chi connectivity index (χ4v) is 3.02. The van der Waals surface area contributed by atoms with Crippen molar-refractivity contribution in [2.75, 3.05) is 18.5 Å². The number of pyridine rings is 1. The normalized spacial score (nSPS) is 19.2. The van der Waals surface area contributed by atoms with E-state index in [0.29, 0.717) is 0 Å². The van der Waals surface area contributed by atoms with Crippen molar-refractivity contribution >= 4 is 15.9 Å². The summed E-state index contributed by atoms with van der Waals surface area (Å²) in [5.74, 6) is 0. The van der Waals surface area contributed by atoms with Gasteiger partial charge in [-0.3, -0.25) is 4.79 Å². The molecule has 0 spiro atoms. The van der Waals surface area contributed by atoms with Crippen molar-refractivity contribution in [3.05, 3.63) is 34.2 Å². The molecule has 0 unspecified atom stereocenters. The summed E-state index contributed by atoms with van der Waals surface area (Å²) in [6.07, 6.45) is 3.91. The van der Waals surface area contributed by atoms with Crippen LogP contribution < -0.4 is 5.56 Å². The van der Waals surface area contributed by atoms with Crippen molar-refractivity contribution in [3.63, 3.8) is 0 Å². The van der Waals surface area contributed by atoms with Gasteiger partial charge in [0.2, 0.25) is 0 Å². The lowest BCUT2D eigenvalue weighted by Gasteiger charge is -2.36. The van der Waals surface area contributed by atoms with Crippen molar-refractivity contribution < 1.29 is 4.74 Å². The van der Waals surface area contributed by atoms with E-state index in [1.807, 2.05) is 29.8 Å². The Hall–Kier alpha value is -0.610. The molecule has 0 aromatic carbocycles. The first kappa shape index (κ1) is 12.8. The minimum absolute atomic E-state index is 0.124. The van der Waals surface area contributed by atoms with Crippen molar-refractivity contribution in [2.45, 2.75) is 26.3 Å². The molecular formula is C13H18BrNO2. The average Bonchev–Trinajstić information content (AvgIpc) is 2.36. The zero-order chi connectivity index (χ0) is 12.3. The second-order valence-electron chi connectivity index (χ2n) is 4.87. The predicted octanol–water partition coefficient (Wildman–Crippen LogP) is 2.35. The van der Waals surface area contributed by atoms with Crippen LogP contribution in [0.3, 0.4) is 0 Å². The van der Waals surface area contributed by atoms with E-state index < -0.39 is 0 Å². The van der Waals surface area contributed by atoms with Gasteiger partial charge in [-0.15, -0.1) is 0 Å². The van der Waals surface area contributed by atoms with Gasteiger partial charge in [0.05, 0.1) is 0 Å². The molecule has 2 heterocycles. The third-order valence-electron chi connectivity index (χ3n) is 3.55. The first-order chi connectivity index (χ1) is 8.17. The lowest BCUT2D eigenvalue weighted by Crippen LogP contribution is -2.38. The highest BCUT2D eigenvalue weighted by molar-refractivity contribution is 9.09. The third-order valence-corrected chi connectivity index (χ3v) is 4.74. The van der Waals surface area contributed by atoms with Crippen LogP contribution in [-0.2, 0) is 11.3 Å². The lowest BCUT2D eigenvalue weighted by atomic mass is 9.82. The summed E-state index contributed by atoms with van der Waals surface area (Å²) in [6, 6.07) is 3.81. The van der Waals surface area contributed by atoms with Gasteiger partial charge in [0.15, 0.2) is 0 Å². The maximum atomic E-state index is 12.0. The first-order valence-electron chi connectivity index (χ1n) is 5.97. The van der Waals surface area contributed by atoms with E-state index in [2.05, 4.69) is 15.9 Å². The Bertz CT molecular complexity index is 435. The molecule has 1 aliphatic rings. The Morgan fingerprint density at radius 3 is 2.82 bits per heavy atom. The summed E-state index contributed by atoms with van der Waals surface area (Å²) in [4.78, 5) is 12.0. The molecule has 1 saturated heterocycles. The van der Waals surface area contributed by atoms with E-state index in [4.69, 9.17) is 4.74 Å². The molecule has 0 atom stereocenters. The minimum Gasteiger partial charge on any atom is -0.381 e. The molecule has 0 N–H and O–H groups in total. The molecule has 1 aromatic heterocycles. The van der Waals surface area contributed by atoms with Crippen LogP contribution in [-0.4, -0.2) is 23.1 Å². The lowest BCUT2D eigenvalue weighted by molar-refractivity contribution is 0.0181. The summed E-state index contributed by atoms with van der Waals surface area (Å²) in [7, 11) is 0. The van der Waals surface area contributed by atoms with Crippen LogP contribution in [0.25, 0.3) is 0 Å². The number of ether oxygens (including phenoxy) is 1. The van der Waals surface area contributed by atoms with Gasteiger partial charge in [0.1, 0.15) is 0 Å². The van der Waals surface area contributed by atoms with Gasteiger partial charge < -0.3 is 9.30 Å². The summed E-state index contributed by atoms with van der Waals surface area (Å²) >= 11 is 3.60. The smallest absolute Gasteiger partial charge is 0.253 e. The second kappa shape index (κ2) is 5.36. The number of aromatic nitrogens is 1. The molecular weight excluding hydrogens is 282 g/mol. The molecule has 1 aliphatic heterocycles. The molecule has 4 heteroatoms. The van der Waals surface area contributed by atoms with Crippen LogP contribution in [0.15, 0.2) is 23.1 Å². The van der Waals surface area contributed by atoms with Crippen LogP contribution >= 0.6 is 15.9 Å². The fraction of sp³-hybridized carbons (Fsp3) is 0.615. The number of aryl methyl sites for hydroxylation is 1. The zero-order valence-electron chi connectivity index (χ0n) is 10.1. The molecule has 1 fully saturated rings. The molecule has 1 aromatic rings. The zero-order valence-corrected chi connectivity index (χ0v) is 11.7. The Balaban J connectivity index is 2.23. The maximum absolute atomic E-state index is 12.0. The highest BCUT2D eigenvalue weighted by Crippen LogP contribution is 2.33. The topological polar surface area (TPSA) is 31.2 Å². The monoisotopic (exact) mass is 299 g/mol. The number of hydrogen-bond donors (Lipinski definition) is 0. The summed E-state index contributed by atoms with van der Waals surface area (Å²) < 4.78 is 7.25. The maximum Gasteiger partial charge on any atom is 0.253 e. The number of rotatable bonds is 3. The largest absolute Gasteiger partial charge is 0.381 e. The fourth-order valence-electron chi connectivity index (χ4n) is 2.28. The van der Waals surface area contributed by atoms with Crippen LogP contribution in [0, 0.1) is 12.3 Å². The van der Waals surface area contributed by atoms with Crippen LogP contribution in [0.5, 0.6) is 0 Å². The predicted molar refractivity (Wildman–Crippen MR) is 71.7 cm³/mol. The van der Waals surface area contributed by atoms with E-state index in [9.17, 15) is 4.79 Å². The van der Waals surface area contributed by atoms with E-state index in [1.54, 1.807) is 0 Å². The van der Waals surface area contributed by atoms with E-state index in [-0.39, 0.29) is 11.0 Å². The average molecular weight is 300 g/mol. The molecule has 0 saturated carbocycles. The van der Waals surface area contributed by atoms with Crippen LogP contribution in [0.2, 0.25) is 0 Å². The highest BCUT2D eigenvalue weighted by Gasteiger charge is 2.32. The minimum atomic E-state index is 0.124. The van der Waals surface area contributed by atoms with Crippen molar-refractivity contribution in [2.24, 2.45) is 5.41 Å². The molecule has 0 radical (unpaired) electrons. The summed E-state index contributed by atoms with van der Waals surface area (Å²) in [5.41, 5.74) is 1.10. The molecule has 94 valence electrons. The standard InChI is InChI=1S/C13H18BrNO2/c1-11-3-2-6-15(12(11)16)10-13(9-14)4-7-17-8-5-13/h2-3,6H,4-5,7-10H2,1H3. The van der Waals surface area contributed by atoms with Gasteiger partial charge >= 0.3 is 0 Å². The van der Waals surface area contributed by atoms with Crippen molar-refractivity contribution in [3.8, 4) is 0 Å². The Labute approximate surface area is 110 Å². The molecule has 3 nitrogen and oxygen atoms in total. The van der Waals surface area contributed by atoms with Gasteiger partial charge in [0.25, 0.3) is 5.56 Å². The highest BCUT2D eigenvalue weighted by atomic mass is 79.9. The SMILES string of the molecule is Cc1cccn(CC2(CBr)CCOCC2)c1=O. The van der Waals surface area contributed by atoms with E-state index >= 15 is 0 Å². The summed E-state index contributed by atoms with van der Waals surface area (Å²) in [6.45, 7) is 4.24. The number of alkyl halides is 1. The van der Waals surface area contributed by atoms with Crippen LogP contribution in [0.1, 0.15) is 18.4 Å². The molecule has 0 bridgehead atoms. The molecule has 2 rings (SSSR count). The number of nitrogens with zero attached hydrogens (tertiary/aromatic N) is 1.